The molecule has 9 heteroatoms. The first-order valence-electron chi connectivity index (χ1n) is 10.2. The molecule has 4 rings (SSSR count). The number of benzene rings is 1. The Morgan fingerprint density at radius 3 is 2.68 bits per heavy atom. The third-order valence-corrected chi connectivity index (χ3v) is 7.23. The quantitative estimate of drug-likeness (QED) is 0.736. The van der Waals surface area contributed by atoms with Gasteiger partial charge in [0.25, 0.3) is 11.8 Å². The molecule has 4 amide bonds. The Morgan fingerprint density at radius 2 is 2.03 bits per heavy atom. The largest absolute Gasteiger partial charge is 0.334 e. The van der Waals surface area contributed by atoms with Crippen LogP contribution >= 0.6 is 11.3 Å². The summed E-state index contributed by atoms with van der Waals surface area (Å²) < 4.78 is 0. The number of aromatic nitrogens is 1. The van der Waals surface area contributed by atoms with Gasteiger partial charge in [0.15, 0.2) is 0 Å². The number of nitrogens with one attached hydrogen (secondary N) is 1. The fourth-order valence-corrected chi connectivity index (χ4v) is 5.22. The van der Waals surface area contributed by atoms with Crippen molar-refractivity contribution in [3.8, 4) is 0 Å². The smallest absolute Gasteiger partial charge is 0.255 e. The monoisotopic (exact) mass is 440 g/mol. The van der Waals surface area contributed by atoms with Gasteiger partial charge in [-0.3, -0.25) is 24.5 Å². The molecule has 1 aromatic carbocycles. The Bertz CT molecular complexity index is 1110. The molecule has 162 valence electrons. The van der Waals surface area contributed by atoms with Gasteiger partial charge in [-0.25, -0.2) is 4.98 Å². The summed E-state index contributed by atoms with van der Waals surface area (Å²) in [5.74, 6) is -1.16. The van der Waals surface area contributed by atoms with Gasteiger partial charge < -0.3 is 9.80 Å². The first kappa shape index (κ1) is 21.2. The summed E-state index contributed by atoms with van der Waals surface area (Å²) in [6, 6.07) is 4.24. The summed E-state index contributed by atoms with van der Waals surface area (Å²) in [6.45, 7) is 6.10. The molecular weight excluding hydrogens is 416 g/mol. The minimum atomic E-state index is -0.669. The molecule has 2 unspecified atom stereocenters. The molecule has 2 aliphatic heterocycles. The van der Waals surface area contributed by atoms with Crippen LogP contribution in [0.5, 0.6) is 0 Å². The van der Waals surface area contributed by atoms with Crippen LogP contribution in [0.2, 0.25) is 0 Å². The molecule has 31 heavy (non-hydrogen) atoms. The highest BCUT2D eigenvalue weighted by atomic mass is 32.1. The van der Waals surface area contributed by atoms with E-state index >= 15 is 0 Å². The number of thiazole rings is 1. The van der Waals surface area contributed by atoms with Gasteiger partial charge in [0.2, 0.25) is 11.8 Å². The van der Waals surface area contributed by atoms with Gasteiger partial charge in [-0.2, -0.15) is 0 Å². The van der Waals surface area contributed by atoms with Crippen molar-refractivity contribution < 1.29 is 19.2 Å². The third-order valence-electron chi connectivity index (χ3n) is 5.99. The van der Waals surface area contributed by atoms with Gasteiger partial charge in [0.1, 0.15) is 6.04 Å². The number of fused-ring (bicyclic) bond motifs is 1. The van der Waals surface area contributed by atoms with Crippen LogP contribution in [0.4, 0.5) is 0 Å². The van der Waals surface area contributed by atoms with E-state index in [0.29, 0.717) is 23.1 Å². The fourth-order valence-electron chi connectivity index (χ4n) is 4.20. The maximum absolute atomic E-state index is 13.1. The topological polar surface area (TPSA) is 99.7 Å². The van der Waals surface area contributed by atoms with E-state index in [1.165, 1.54) is 4.90 Å². The highest BCUT2D eigenvalue weighted by Gasteiger charge is 2.39. The molecule has 1 fully saturated rings. The number of imide groups is 1. The van der Waals surface area contributed by atoms with E-state index < -0.39 is 11.9 Å². The fraction of sp³-hybridized carbons (Fsp3) is 0.409. The van der Waals surface area contributed by atoms with Gasteiger partial charge >= 0.3 is 0 Å². The van der Waals surface area contributed by atoms with E-state index in [2.05, 4.69) is 10.3 Å². The Balaban J connectivity index is 1.54. The predicted octanol–water partition coefficient (Wildman–Crippen LogP) is 2.35. The number of amides is 4. The molecule has 3 heterocycles. The van der Waals surface area contributed by atoms with Crippen LogP contribution in [0.25, 0.3) is 0 Å². The average Bonchev–Trinajstić information content (AvgIpc) is 3.24. The first-order valence-corrected chi connectivity index (χ1v) is 11.0. The molecule has 1 aromatic heterocycles. The lowest BCUT2D eigenvalue weighted by Gasteiger charge is -2.29. The predicted molar refractivity (Wildman–Crippen MR) is 115 cm³/mol. The van der Waals surface area contributed by atoms with Crippen molar-refractivity contribution in [2.45, 2.75) is 52.2 Å². The minimum Gasteiger partial charge on any atom is -0.334 e. The zero-order valence-corrected chi connectivity index (χ0v) is 18.7. The lowest BCUT2D eigenvalue weighted by Crippen LogP contribution is -2.52. The molecule has 8 nitrogen and oxygen atoms in total. The van der Waals surface area contributed by atoms with Crippen LogP contribution in [0.3, 0.4) is 0 Å². The van der Waals surface area contributed by atoms with Crippen LogP contribution in [0.1, 0.15) is 67.7 Å². The summed E-state index contributed by atoms with van der Waals surface area (Å²) in [5, 5.41) is 3.26. The van der Waals surface area contributed by atoms with Crippen molar-refractivity contribution in [2.24, 2.45) is 0 Å². The second kappa shape index (κ2) is 7.88. The van der Waals surface area contributed by atoms with E-state index in [1.807, 2.05) is 20.8 Å². The van der Waals surface area contributed by atoms with Gasteiger partial charge in [-0.1, -0.05) is 0 Å². The Hall–Kier alpha value is -3.07. The van der Waals surface area contributed by atoms with Crippen LogP contribution in [0, 0.1) is 13.8 Å². The van der Waals surface area contributed by atoms with Crippen molar-refractivity contribution in [1.29, 1.82) is 0 Å². The highest BCUT2D eigenvalue weighted by Crippen LogP contribution is 2.31. The third kappa shape index (κ3) is 3.74. The van der Waals surface area contributed by atoms with Crippen molar-refractivity contribution in [3.63, 3.8) is 0 Å². The number of piperidine rings is 1. The molecule has 2 aromatic rings. The number of carbonyl (C=O) groups is 4. The maximum Gasteiger partial charge on any atom is 0.255 e. The zero-order valence-electron chi connectivity index (χ0n) is 17.9. The number of hydrogen-bond acceptors (Lipinski definition) is 6. The molecule has 0 radical (unpaired) electrons. The summed E-state index contributed by atoms with van der Waals surface area (Å²) in [5.41, 5.74) is 2.62. The summed E-state index contributed by atoms with van der Waals surface area (Å²) in [6.07, 6.45) is 0.517. The van der Waals surface area contributed by atoms with Crippen molar-refractivity contribution in [3.05, 3.63) is 50.5 Å². The number of aryl methyl sites for hydroxylation is 2. The van der Waals surface area contributed by atoms with Crippen LogP contribution in [0.15, 0.2) is 18.2 Å². The molecule has 0 aliphatic carbocycles. The van der Waals surface area contributed by atoms with E-state index in [1.54, 1.807) is 41.5 Å². The standard InChI is InChI=1S/C22H24N4O4S/c1-11-19(31-13(3)23-11)12(2)25(4)21(29)14-5-6-16-15(9-14)10-26(22(16)30)17-7-8-18(27)24-20(17)28/h5-6,9,12,17H,7-8,10H2,1-4H3,(H,24,27,28). The van der Waals surface area contributed by atoms with Crippen LogP contribution in [-0.4, -0.2) is 51.5 Å². The zero-order chi connectivity index (χ0) is 22.4. The number of carbonyl (C=O) groups excluding carboxylic acids is 4. The van der Waals surface area contributed by atoms with E-state index in [-0.39, 0.29) is 36.7 Å². The normalized spacial score (nSPS) is 19.3. The summed E-state index contributed by atoms with van der Waals surface area (Å²) >= 11 is 1.58. The SMILES string of the molecule is Cc1nc(C)c(C(C)N(C)C(=O)c2ccc3c(c2)CN(C2CCC(=O)NC2=O)C3=O)s1. The second-order valence-electron chi connectivity index (χ2n) is 8.05. The van der Waals surface area contributed by atoms with Gasteiger partial charge in [0.05, 0.1) is 16.7 Å². The second-order valence-corrected chi connectivity index (χ2v) is 9.28. The molecule has 1 saturated heterocycles. The average molecular weight is 441 g/mol. The molecule has 1 N–H and O–H groups in total. The molecule has 2 aliphatic rings. The first-order chi connectivity index (χ1) is 14.7. The molecule has 0 spiro atoms. The van der Waals surface area contributed by atoms with Crippen molar-refractivity contribution >= 4 is 35.0 Å². The maximum atomic E-state index is 13.1. The number of hydrogen-bond donors (Lipinski definition) is 1. The highest BCUT2D eigenvalue weighted by molar-refractivity contribution is 7.11. The van der Waals surface area contributed by atoms with Gasteiger partial charge in [-0.15, -0.1) is 11.3 Å². The summed E-state index contributed by atoms with van der Waals surface area (Å²) in [7, 11) is 1.76. The lowest BCUT2D eigenvalue weighted by atomic mass is 10.0. The Kier molecular flexibility index (Phi) is 5.38. The van der Waals surface area contributed by atoms with Gasteiger partial charge in [-0.05, 0) is 51.0 Å². The molecule has 2 atom stereocenters. The van der Waals surface area contributed by atoms with E-state index in [9.17, 15) is 19.2 Å². The van der Waals surface area contributed by atoms with Crippen molar-refractivity contribution in [2.75, 3.05) is 7.05 Å². The molecular formula is C22H24N4O4S. The molecule has 0 bridgehead atoms. The van der Waals surface area contributed by atoms with Crippen LogP contribution in [-0.2, 0) is 16.1 Å². The minimum absolute atomic E-state index is 0.131. The van der Waals surface area contributed by atoms with Crippen LogP contribution < -0.4 is 5.32 Å². The Morgan fingerprint density at radius 1 is 1.29 bits per heavy atom. The van der Waals surface area contributed by atoms with E-state index in [0.717, 1.165) is 15.6 Å². The number of nitrogens with zero attached hydrogens (tertiary/aromatic N) is 3. The number of rotatable bonds is 4. The van der Waals surface area contributed by atoms with E-state index in [4.69, 9.17) is 0 Å². The van der Waals surface area contributed by atoms with Crippen molar-refractivity contribution in [1.82, 2.24) is 20.1 Å². The summed E-state index contributed by atoms with van der Waals surface area (Å²) in [4.78, 5) is 58.2. The molecule has 0 saturated carbocycles. The Labute approximate surface area is 184 Å². The lowest BCUT2D eigenvalue weighted by molar-refractivity contribution is -0.136. The van der Waals surface area contributed by atoms with Gasteiger partial charge in [0, 0.05) is 36.0 Å².